The molecule has 1 aliphatic carbocycles. The first-order valence-corrected chi connectivity index (χ1v) is 10.4. The molecule has 7 nitrogen and oxygen atoms in total. The number of nitrogens with two attached hydrogens (primary N) is 1. The number of carbonyl (C=O) groups is 2. The minimum absolute atomic E-state index is 0.0266. The maximum absolute atomic E-state index is 12.0. The first-order chi connectivity index (χ1) is 14.5. The lowest BCUT2D eigenvalue weighted by molar-refractivity contribution is -0.120. The molecule has 7 heteroatoms. The fraction of sp³-hybridized carbons (Fsp3) is 0.348. The molecule has 1 fully saturated rings. The second kappa shape index (κ2) is 8.18. The average molecular weight is 406 g/mol. The molecule has 3 aromatic rings. The zero-order valence-electron chi connectivity index (χ0n) is 17.3. The van der Waals surface area contributed by atoms with E-state index in [9.17, 15) is 9.59 Å². The number of fused-ring (bicyclic) bond motifs is 1. The Labute approximate surface area is 175 Å². The van der Waals surface area contributed by atoms with E-state index >= 15 is 0 Å². The number of hydrogen-bond acceptors (Lipinski definition) is 4. The number of amides is 2. The summed E-state index contributed by atoms with van der Waals surface area (Å²) in [5.74, 6) is 0.161. The van der Waals surface area contributed by atoms with E-state index in [1.165, 1.54) is 19.0 Å². The Morgan fingerprint density at radius 1 is 1.27 bits per heavy atom. The molecular weight excluding hydrogens is 378 g/mol. The van der Waals surface area contributed by atoms with Gasteiger partial charge in [-0.15, -0.1) is 0 Å². The van der Waals surface area contributed by atoms with Crippen LogP contribution in [0.5, 0.6) is 0 Å². The lowest BCUT2D eigenvalue weighted by Gasteiger charge is -2.17. The Bertz CT molecular complexity index is 1100. The maximum atomic E-state index is 12.0. The van der Waals surface area contributed by atoms with E-state index < -0.39 is 5.91 Å². The fourth-order valence-electron chi connectivity index (χ4n) is 3.68. The zero-order chi connectivity index (χ0) is 21.3. The van der Waals surface area contributed by atoms with Crippen molar-refractivity contribution in [1.29, 1.82) is 0 Å². The molecule has 4 rings (SSSR count). The molecular formula is C23H27N5O2. The Morgan fingerprint density at radius 3 is 2.77 bits per heavy atom. The van der Waals surface area contributed by atoms with Crippen LogP contribution in [0.1, 0.15) is 49.0 Å². The Hall–Kier alpha value is -3.35. The summed E-state index contributed by atoms with van der Waals surface area (Å²) in [5.41, 5.74) is 10.6. The van der Waals surface area contributed by atoms with Crippen molar-refractivity contribution in [2.24, 2.45) is 11.7 Å². The molecule has 0 radical (unpaired) electrons. The van der Waals surface area contributed by atoms with E-state index in [4.69, 9.17) is 5.73 Å². The Morgan fingerprint density at radius 2 is 2.07 bits per heavy atom. The standard InChI is InChI=1S/C23H27N5O2/c1-3-21(29)25-11-15-5-4-6-17(9-15)18-10-20-22(27-14(2)16-7-8-16)19(23(24)30)12-26-28(20)13-18/h4-6,9-10,12-14,16,27H,3,7-8,11H2,1-2H3,(H2,24,30)(H,25,29). The predicted octanol–water partition coefficient (Wildman–Crippen LogP) is 3.34. The molecule has 2 amide bonds. The Kier molecular flexibility index (Phi) is 5.44. The molecule has 0 aliphatic heterocycles. The van der Waals surface area contributed by atoms with Gasteiger partial charge in [0, 0.05) is 30.8 Å². The molecule has 0 bridgehead atoms. The summed E-state index contributed by atoms with van der Waals surface area (Å²) < 4.78 is 1.77. The molecule has 2 heterocycles. The second-order valence-electron chi connectivity index (χ2n) is 7.96. The minimum Gasteiger partial charge on any atom is -0.380 e. The second-order valence-corrected chi connectivity index (χ2v) is 7.96. The third-order valence-corrected chi connectivity index (χ3v) is 5.67. The fourth-order valence-corrected chi connectivity index (χ4v) is 3.68. The molecule has 1 aliphatic rings. The molecule has 1 atom stereocenters. The summed E-state index contributed by atoms with van der Waals surface area (Å²) in [4.78, 5) is 23.6. The van der Waals surface area contributed by atoms with Crippen LogP contribution in [0.15, 0.2) is 42.7 Å². The van der Waals surface area contributed by atoms with Gasteiger partial charge in [0.15, 0.2) is 0 Å². The number of benzene rings is 1. The number of primary amides is 1. The van der Waals surface area contributed by atoms with Crippen LogP contribution in [0.4, 0.5) is 5.69 Å². The van der Waals surface area contributed by atoms with E-state index in [1.807, 2.05) is 37.4 Å². The largest absolute Gasteiger partial charge is 0.380 e. The molecule has 1 unspecified atom stereocenters. The molecule has 156 valence electrons. The van der Waals surface area contributed by atoms with Crippen LogP contribution in [0.3, 0.4) is 0 Å². The lowest BCUT2D eigenvalue weighted by Crippen LogP contribution is -2.22. The lowest BCUT2D eigenvalue weighted by atomic mass is 10.1. The highest BCUT2D eigenvalue weighted by Gasteiger charge is 2.29. The van der Waals surface area contributed by atoms with E-state index in [1.54, 1.807) is 4.52 Å². The van der Waals surface area contributed by atoms with Gasteiger partial charge in [-0.05, 0) is 48.9 Å². The van der Waals surface area contributed by atoms with Crippen molar-refractivity contribution in [3.05, 3.63) is 53.9 Å². The first kappa shape index (κ1) is 19.9. The van der Waals surface area contributed by atoms with Gasteiger partial charge in [-0.2, -0.15) is 5.10 Å². The number of nitrogens with zero attached hydrogens (tertiary/aromatic N) is 2. The summed E-state index contributed by atoms with van der Waals surface area (Å²) in [6, 6.07) is 10.3. The van der Waals surface area contributed by atoms with Gasteiger partial charge in [-0.25, -0.2) is 4.52 Å². The molecule has 4 N–H and O–H groups in total. The van der Waals surface area contributed by atoms with Crippen LogP contribution >= 0.6 is 0 Å². The van der Waals surface area contributed by atoms with Gasteiger partial charge in [0.25, 0.3) is 5.91 Å². The summed E-state index contributed by atoms with van der Waals surface area (Å²) in [6.45, 7) is 4.46. The van der Waals surface area contributed by atoms with E-state index in [0.717, 1.165) is 27.9 Å². The van der Waals surface area contributed by atoms with Gasteiger partial charge < -0.3 is 16.4 Å². The van der Waals surface area contributed by atoms with Gasteiger partial charge in [0.05, 0.1) is 23.0 Å². The highest BCUT2D eigenvalue weighted by atomic mass is 16.1. The van der Waals surface area contributed by atoms with Crippen molar-refractivity contribution in [1.82, 2.24) is 14.9 Å². The van der Waals surface area contributed by atoms with Crippen molar-refractivity contribution >= 4 is 23.0 Å². The molecule has 1 aromatic carbocycles. The topological polar surface area (TPSA) is 102 Å². The number of carbonyl (C=O) groups excluding carboxylic acids is 2. The maximum Gasteiger partial charge on any atom is 0.252 e. The van der Waals surface area contributed by atoms with Crippen molar-refractivity contribution in [2.45, 2.75) is 45.7 Å². The van der Waals surface area contributed by atoms with Crippen LogP contribution in [-0.2, 0) is 11.3 Å². The molecule has 1 saturated carbocycles. The van der Waals surface area contributed by atoms with Gasteiger partial charge in [-0.3, -0.25) is 9.59 Å². The molecule has 0 saturated heterocycles. The summed E-state index contributed by atoms with van der Waals surface area (Å²) in [5, 5.41) is 10.8. The molecule has 30 heavy (non-hydrogen) atoms. The predicted molar refractivity (Wildman–Crippen MR) is 117 cm³/mol. The monoisotopic (exact) mass is 405 g/mol. The van der Waals surface area contributed by atoms with Crippen LogP contribution in [0, 0.1) is 5.92 Å². The number of aromatic nitrogens is 2. The van der Waals surface area contributed by atoms with Gasteiger partial charge in [0.2, 0.25) is 5.91 Å². The molecule has 0 spiro atoms. The van der Waals surface area contributed by atoms with Crippen molar-refractivity contribution in [2.75, 3.05) is 5.32 Å². The zero-order valence-corrected chi connectivity index (χ0v) is 17.3. The quantitative estimate of drug-likeness (QED) is 0.535. The van der Waals surface area contributed by atoms with Crippen molar-refractivity contribution < 1.29 is 9.59 Å². The van der Waals surface area contributed by atoms with Crippen molar-refractivity contribution in [3.63, 3.8) is 0 Å². The Balaban J connectivity index is 1.69. The third-order valence-electron chi connectivity index (χ3n) is 5.67. The minimum atomic E-state index is -0.494. The SMILES string of the molecule is CCC(=O)NCc1cccc(-c2cc3c(NC(C)C4CC4)c(C(N)=O)cnn3c2)c1. The summed E-state index contributed by atoms with van der Waals surface area (Å²) >= 11 is 0. The summed E-state index contributed by atoms with van der Waals surface area (Å²) in [7, 11) is 0. The van der Waals surface area contributed by atoms with Gasteiger partial charge in [0.1, 0.15) is 0 Å². The normalized spacial score (nSPS) is 14.5. The summed E-state index contributed by atoms with van der Waals surface area (Å²) in [6.07, 6.45) is 6.34. The average Bonchev–Trinajstić information content (AvgIpc) is 3.50. The first-order valence-electron chi connectivity index (χ1n) is 10.4. The van der Waals surface area contributed by atoms with E-state index in [0.29, 0.717) is 24.4 Å². The number of rotatable bonds is 8. The molecule has 2 aromatic heterocycles. The highest BCUT2D eigenvalue weighted by Crippen LogP contribution is 2.36. The number of nitrogens with one attached hydrogen (secondary N) is 2. The van der Waals surface area contributed by atoms with Crippen molar-refractivity contribution in [3.8, 4) is 11.1 Å². The van der Waals surface area contributed by atoms with E-state index in [2.05, 4.69) is 28.7 Å². The van der Waals surface area contributed by atoms with Gasteiger partial charge in [-0.1, -0.05) is 25.1 Å². The third kappa shape index (κ3) is 4.15. The smallest absolute Gasteiger partial charge is 0.252 e. The van der Waals surface area contributed by atoms with Crippen LogP contribution in [0.2, 0.25) is 0 Å². The van der Waals surface area contributed by atoms with Gasteiger partial charge >= 0.3 is 0 Å². The highest BCUT2D eigenvalue weighted by molar-refractivity contribution is 6.02. The van der Waals surface area contributed by atoms with Crippen LogP contribution in [-0.4, -0.2) is 27.5 Å². The number of hydrogen-bond donors (Lipinski definition) is 3. The number of anilines is 1. The van der Waals surface area contributed by atoms with Crippen LogP contribution < -0.4 is 16.4 Å². The van der Waals surface area contributed by atoms with E-state index in [-0.39, 0.29) is 11.9 Å². The van der Waals surface area contributed by atoms with Crippen LogP contribution in [0.25, 0.3) is 16.6 Å².